The molecule has 0 fully saturated rings. The Kier molecular flexibility index (Phi) is 4.86. The monoisotopic (exact) mass is 242 g/mol. The summed E-state index contributed by atoms with van der Waals surface area (Å²) in [6.45, 7) is 3.98. The molecule has 0 aromatic carbocycles. The summed E-state index contributed by atoms with van der Waals surface area (Å²) in [5, 5.41) is 13.9. The zero-order valence-electron chi connectivity index (χ0n) is 9.93. The number of hydrogen-bond acceptors (Lipinski definition) is 3. The van der Waals surface area contributed by atoms with Crippen molar-refractivity contribution in [2.45, 2.75) is 43.4 Å². The zero-order chi connectivity index (χ0) is 12.1. The molecule has 0 spiro atoms. The first-order valence-corrected chi connectivity index (χ1v) is 6.32. The number of aliphatic carboxylic acids is 1. The van der Waals surface area contributed by atoms with Gasteiger partial charge in [-0.15, -0.1) is 0 Å². The molecule has 1 rings (SSSR count). The van der Waals surface area contributed by atoms with Crippen molar-refractivity contribution >= 4 is 17.7 Å². The Bertz CT molecular complexity index is 363. The standard InChI is InChI=1S/C11H18N2O2S/c1-4-5-6-9(11(14)15)16-10-7-8(2)12-13(10)3/h7,9H,4-6H2,1-3H3,(H,14,15). The quantitative estimate of drug-likeness (QED) is 0.779. The van der Waals surface area contributed by atoms with Gasteiger partial charge in [0.2, 0.25) is 0 Å². The van der Waals surface area contributed by atoms with Gasteiger partial charge < -0.3 is 5.11 Å². The van der Waals surface area contributed by atoms with Gasteiger partial charge in [0.1, 0.15) is 5.25 Å². The van der Waals surface area contributed by atoms with Gasteiger partial charge in [0.05, 0.1) is 10.7 Å². The van der Waals surface area contributed by atoms with Gasteiger partial charge in [0.15, 0.2) is 0 Å². The largest absolute Gasteiger partial charge is 0.480 e. The highest BCUT2D eigenvalue weighted by Gasteiger charge is 2.19. The normalized spacial score (nSPS) is 12.7. The van der Waals surface area contributed by atoms with E-state index in [1.807, 2.05) is 20.0 Å². The number of carboxylic acid groups (broad SMARTS) is 1. The fourth-order valence-electron chi connectivity index (χ4n) is 1.47. The highest BCUT2D eigenvalue weighted by atomic mass is 32.2. The van der Waals surface area contributed by atoms with E-state index in [-0.39, 0.29) is 5.25 Å². The second-order valence-corrected chi connectivity index (χ2v) is 5.06. The maximum absolute atomic E-state index is 11.1. The first-order valence-electron chi connectivity index (χ1n) is 5.44. The molecule has 1 aromatic heterocycles. The lowest BCUT2D eigenvalue weighted by Gasteiger charge is -2.10. The predicted octanol–water partition coefficient (Wildman–Crippen LogP) is 2.46. The van der Waals surface area contributed by atoms with Gasteiger partial charge in [-0.2, -0.15) is 5.10 Å². The van der Waals surface area contributed by atoms with Crippen molar-refractivity contribution in [2.75, 3.05) is 0 Å². The van der Waals surface area contributed by atoms with Crippen molar-refractivity contribution in [1.29, 1.82) is 0 Å². The summed E-state index contributed by atoms with van der Waals surface area (Å²) in [6.07, 6.45) is 2.68. The molecule has 1 N–H and O–H groups in total. The van der Waals surface area contributed by atoms with Crippen LogP contribution in [0.5, 0.6) is 0 Å². The maximum atomic E-state index is 11.1. The van der Waals surface area contributed by atoms with Gasteiger partial charge >= 0.3 is 5.97 Å². The van der Waals surface area contributed by atoms with Gasteiger partial charge in [-0.25, -0.2) is 0 Å². The number of nitrogens with zero attached hydrogens (tertiary/aromatic N) is 2. The van der Waals surface area contributed by atoms with Crippen LogP contribution in [0.1, 0.15) is 31.9 Å². The summed E-state index contributed by atoms with van der Waals surface area (Å²) in [7, 11) is 1.84. The number of carboxylic acids is 1. The first kappa shape index (κ1) is 13.1. The fourth-order valence-corrected chi connectivity index (χ4v) is 2.57. The molecule has 1 heterocycles. The summed E-state index contributed by atoms with van der Waals surface area (Å²) in [5.74, 6) is -0.739. The molecule has 1 unspecified atom stereocenters. The molecular weight excluding hydrogens is 224 g/mol. The van der Waals surface area contributed by atoms with Crippen LogP contribution >= 0.6 is 11.8 Å². The molecule has 0 radical (unpaired) electrons. The molecule has 0 aliphatic carbocycles. The van der Waals surface area contributed by atoms with Gasteiger partial charge in [-0.1, -0.05) is 31.5 Å². The van der Waals surface area contributed by atoms with Crippen LogP contribution in [0.25, 0.3) is 0 Å². The minimum absolute atomic E-state index is 0.366. The highest BCUT2D eigenvalue weighted by molar-refractivity contribution is 8.00. The average Bonchev–Trinajstić information content (AvgIpc) is 2.51. The fraction of sp³-hybridized carbons (Fsp3) is 0.636. The second kappa shape index (κ2) is 5.94. The summed E-state index contributed by atoms with van der Waals surface area (Å²) in [5.41, 5.74) is 0.921. The van der Waals surface area contributed by atoms with Crippen molar-refractivity contribution < 1.29 is 9.90 Å². The molecule has 0 aliphatic heterocycles. The van der Waals surface area contributed by atoms with Gasteiger partial charge in [0.25, 0.3) is 0 Å². The Morgan fingerprint density at radius 1 is 1.69 bits per heavy atom. The topological polar surface area (TPSA) is 55.1 Å². The van der Waals surface area contributed by atoms with E-state index in [1.54, 1.807) is 4.68 Å². The summed E-state index contributed by atoms with van der Waals surface area (Å²) in [6, 6.07) is 1.92. The molecule has 90 valence electrons. The Balaban J connectivity index is 2.67. The molecule has 0 aliphatic rings. The SMILES string of the molecule is CCCCC(Sc1cc(C)nn1C)C(=O)O. The van der Waals surface area contributed by atoms with Crippen LogP contribution in [-0.2, 0) is 11.8 Å². The van der Waals surface area contributed by atoms with E-state index in [0.717, 1.165) is 23.6 Å². The van der Waals surface area contributed by atoms with Crippen LogP contribution in [-0.4, -0.2) is 26.1 Å². The average molecular weight is 242 g/mol. The van der Waals surface area contributed by atoms with Crippen LogP contribution in [0.2, 0.25) is 0 Å². The van der Waals surface area contributed by atoms with E-state index in [4.69, 9.17) is 5.11 Å². The number of unbranched alkanes of at least 4 members (excludes halogenated alkanes) is 1. The van der Waals surface area contributed by atoms with Crippen molar-refractivity contribution in [3.8, 4) is 0 Å². The summed E-state index contributed by atoms with van der Waals surface area (Å²) >= 11 is 1.39. The highest BCUT2D eigenvalue weighted by Crippen LogP contribution is 2.27. The van der Waals surface area contributed by atoms with Crippen LogP contribution in [0.4, 0.5) is 0 Å². The molecule has 5 heteroatoms. The van der Waals surface area contributed by atoms with Crippen LogP contribution < -0.4 is 0 Å². The lowest BCUT2D eigenvalue weighted by molar-refractivity contribution is -0.136. The molecule has 1 atom stereocenters. The zero-order valence-corrected chi connectivity index (χ0v) is 10.8. The molecule has 0 saturated heterocycles. The van der Waals surface area contributed by atoms with E-state index in [0.29, 0.717) is 6.42 Å². The second-order valence-electron chi connectivity index (χ2n) is 3.83. The predicted molar refractivity (Wildman–Crippen MR) is 64.8 cm³/mol. The molecule has 16 heavy (non-hydrogen) atoms. The lowest BCUT2D eigenvalue weighted by Crippen LogP contribution is -2.16. The maximum Gasteiger partial charge on any atom is 0.317 e. The van der Waals surface area contributed by atoms with E-state index in [9.17, 15) is 4.79 Å². The van der Waals surface area contributed by atoms with Crippen LogP contribution in [0.3, 0.4) is 0 Å². The van der Waals surface area contributed by atoms with E-state index in [1.165, 1.54) is 11.8 Å². The molecule has 1 aromatic rings. The van der Waals surface area contributed by atoms with Crippen LogP contribution in [0.15, 0.2) is 11.1 Å². The number of hydrogen-bond donors (Lipinski definition) is 1. The summed E-state index contributed by atoms with van der Waals surface area (Å²) < 4.78 is 1.74. The van der Waals surface area contributed by atoms with Crippen molar-refractivity contribution in [1.82, 2.24) is 9.78 Å². The molecule has 0 saturated carbocycles. The Morgan fingerprint density at radius 3 is 2.81 bits per heavy atom. The third-order valence-electron chi connectivity index (χ3n) is 2.32. The number of rotatable bonds is 6. The van der Waals surface area contributed by atoms with Gasteiger partial charge in [0, 0.05) is 7.05 Å². The minimum atomic E-state index is -0.739. The van der Waals surface area contributed by atoms with Crippen LogP contribution in [0, 0.1) is 6.92 Å². The van der Waals surface area contributed by atoms with E-state index < -0.39 is 5.97 Å². The Hall–Kier alpha value is -0.970. The molecular formula is C11H18N2O2S. The minimum Gasteiger partial charge on any atom is -0.480 e. The van der Waals surface area contributed by atoms with E-state index >= 15 is 0 Å². The number of thioether (sulfide) groups is 1. The van der Waals surface area contributed by atoms with E-state index in [2.05, 4.69) is 12.0 Å². The molecule has 0 bridgehead atoms. The molecule has 4 nitrogen and oxygen atoms in total. The number of aryl methyl sites for hydroxylation is 2. The Morgan fingerprint density at radius 2 is 2.38 bits per heavy atom. The first-order chi connectivity index (χ1) is 7.54. The Labute approximate surface area is 100 Å². The van der Waals surface area contributed by atoms with Gasteiger partial charge in [-0.3, -0.25) is 9.48 Å². The number of carbonyl (C=O) groups is 1. The third-order valence-corrected chi connectivity index (χ3v) is 3.66. The van der Waals surface area contributed by atoms with Crippen molar-refractivity contribution in [2.24, 2.45) is 7.05 Å². The van der Waals surface area contributed by atoms with Gasteiger partial charge in [-0.05, 0) is 19.4 Å². The summed E-state index contributed by atoms with van der Waals surface area (Å²) in [4.78, 5) is 11.1. The van der Waals surface area contributed by atoms with Crippen molar-refractivity contribution in [3.63, 3.8) is 0 Å². The smallest absolute Gasteiger partial charge is 0.317 e. The molecule has 0 amide bonds. The lowest BCUT2D eigenvalue weighted by atomic mass is 10.2. The third kappa shape index (κ3) is 3.56. The number of aromatic nitrogens is 2. The van der Waals surface area contributed by atoms with Crippen molar-refractivity contribution in [3.05, 3.63) is 11.8 Å².